The van der Waals surface area contributed by atoms with Crippen molar-refractivity contribution in [3.8, 4) is 0 Å². The monoisotopic (exact) mass is 449 g/mol. The minimum atomic E-state index is -1.18. The molecule has 0 saturated carbocycles. The molecule has 6 nitrogen and oxygen atoms in total. The van der Waals surface area contributed by atoms with Gasteiger partial charge in [0.15, 0.2) is 6.29 Å². The fourth-order valence-corrected chi connectivity index (χ4v) is 3.95. The molecule has 1 aliphatic heterocycles. The lowest BCUT2D eigenvalue weighted by atomic mass is 9.97. The number of nitrogens with two attached hydrogens (primary N) is 1. The third kappa shape index (κ3) is 6.48. The molecule has 0 radical (unpaired) electrons. The highest BCUT2D eigenvalue weighted by molar-refractivity contribution is 5.15. The number of hydrogen-bond donors (Lipinski definition) is 2. The Morgan fingerprint density at radius 2 is 1.00 bits per heavy atom. The maximum absolute atomic E-state index is 10.8. The summed E-state index contributed by atoms with van der Waals surface area (Å²) < 4.78 is 24.6. The van der Waals surface area contributed by atoms with Crippen LogP contribution >= 0.6 is 0 Å². The third-order valence-electron chi connectivity index (χ3n) is 5.70. The maximum atomic E-state index is 10.8. The Kier molecular flexibility index (Phi) is 8.60. The van der Waals surface area contributed by atoms with E-state index in [1.165, 1.54) is 0 Å². The molecule has 33 heavy (non-hydrogen) atoms. The van der Waals surface area contributed by atoms with Gasteiger partial charge < -0.3 is 29.8 Å². The van der Waals surface area contributed by atoms with Crippen LogP contribution in [0.4, 0.5) is 0 Å². The van der Waals surface area contributed by atoms with Crippen LogP contribution in [0.1, 0.15) is 16.7 Å². The van der Waals surface area contributed by atoms with Gasteiger partial charge in [0, 0.05) is 6.54 Å². The lowest BCUT2D eigenvalue weighted by Crippen LogP contribution is -2.61. The van der Waals surface area contributed by atoms with Crippen LogP contribution in [0.25, 0.3) is 0 Å². The van der Waals surface area contributed by atoms with Crippen LogP contribution in [0.5, 0.6) is 0 Å². The van der Waals surface area contributed by atoms with Gasteiger partial charge in [0.2, 0.25) is 0 Å². The fraction of sp³-hybridized carbons (Fsp3) is 0.333. The van der Waals surface area contributed by atoms with Crippen LogP contribution in [0, 0.1) is 0 Å². The van der Waals surface area contributed by atoms with E-state index >= 15 is 0 Å². The molecule has 174 valence electrons. The zero-order valence-electron chi connectivity index (χ0n) is 18.5. The van der Waals surface area contributed by atoms with E-state index in [0.717, 1.165) is 16.7 Å². The summed E-state index contributed by atoms with van der Waals surface area (Å²) >= 11 is 0. The molecule has 0 aromatic heterocycles. The molecule has 3 aromatic carbocycles. The average molecular weight is 450 g/mol. The van der Waals surface area contributed by atoms with Gasteiger partial charge in [-0.3, -0.25) is 0 Å². The molecule has 0 aliphatic carbocycles. The Labute approximate surface area is 194 Å². The highest BCUT2D eigenvalue weighted by Crippen LogP contribution is 2.29. The molecule has 4 rings (SSSR count). The van der Waals surface area contributed by atoms with Crippen LogP contribution < -0.4 is 5.73 Å². The topological polar surface area (TPSA) is 83.2 Å². The molecule has 3 N–H and O–H groups in total. The Hall–Kier alpha value is -2.58. The van der Waals surface area contributed by atoms with E-state index in [-0.39, 0.29) is 6.54 Å². The summed E-state index contributed by atoms with van der Waals surface area (Å²) in [6, 6.07) is 29.6. The first-order chi connectivity index (χ1) is 16.2. The second-order valence-corrected chi connectivity index (χ2v) is 8.08. The molecule has 1 heterocycles. The summed E-state index contributed by atoms with van der Waals surface area (Å²) in [6.45, 7) is 1.23. The molecule has 0 bridgehead atoms. The van der Waals surface area contributed by atoms with Gasteiger partial charge >= 0.3 is 0 Å². The van der Waals surface area contributed by atoms with Crippen molar-refractivity contribution in [2.24, 2.45) is 5.73 Å². The van der Waals surface area contributed by atoms with Crippen molar-refractivity contribution >= 4 is 0 Å². The van der Waals surface area contributed by atoms with Crippen LogP contribution in [0.15, 0.2) is 91.0 Å². The lowest BCUT2D eigenvalue weighted by molar-refractivity contribution is -0.309. The number of hydrogen-bond acceptors (Lipinski definition) is 6. The first-order valence-corrected chi connectivity index (χ1v) is 11.2. The van der Waals surface area contributed by atoms with Crippen LogP contribution in [-0.4, -0.2) is 42.4 Å². The second-order valence-electron chi connectivity index (χ2n) is 8.08. The number of benzene rings is 3. The van der Waals surface area contributed by atoms with Crippen molar-refractivity contribution in [2.45, 2.75) is 50.5 Å². The smallest absolute Gasteiger partial charge is 0.184 e. The quantitative estimate of drug-likeness (QED) is 0.494. The van der Waals surface area contributed by atoms with E-state index in [9.17, 15) is 5.11 Å². The molecule has 5 atom stereocenters. The lowest BCUT2D eigenvalue weighted by Gasteiger charge is -2.44. The Balaban J connectivity index is 1.53. The van der Waals surface area contributed by atoms with Gasteiger partial charge in [-0.25, -0.2) is 0 Å². The van der Waals surface area contributed by atoms with Crippen molar-refractivity contribution in [3.05, 3.63) is 108 Å². The molecule has 5 unspecified atom stereocenters. The first kappa shape index (κ1) is 23.6. The van der Waals surface area contributed by atoms with E-state index in [0.29, 0.717) is 19.8 Å². The first-order valence-electron chi connectivity index (χ1n) is 11.2. The van der Waals surface area contributed by atoms with Gasteiger partial charge in [0.1, 0.15) is 24.4 Å². The third-order valence-corrected chi connectivity index (χ3v) is 5.70. The largest absolute Gasteiger partial charge is 0.368 e. The van der Waals surface area contributed by atoms with Crippen molar-refractivity contribution < 1.29 is 24.1 Å². The van der Waals surface area contributed by atoms with Crippen LogP contribution in [-0.2, 0) is 38.8 Å². The molecule has 1 fully saturated rings. The molecular formula is C27H31NO5. The van der Waals surface area contributed by atoms with Crippen LogP contribution in [0.3, 0.4) is 0 Å². The summed E-state index contributed by atoms with van der Waals surface area (Å²) in [5.41, 5.74) is 9.04. The van der Waals surface area contributed by atoms with E-state index in [4.69, 9.17) is 24.7 Å². The SMILES string of the molecule is NCC1OC(O)C(OCc2ccccc2)C(OCc2ccccc2)C1OCc1ccccc1. The van der Waals surface area contributed by atoms with Crippen molar-refractivity contribution in [1.82, 2.24) is 0 Å². The molecule has 0 spiro atoms. The standard InChI is InChI=1S/C27H31NO5/c28-16-23-24(30-17-20-10-4-1-5-11-20)25(31-18-21-12-6-2-7-13-21)26(27(29)33-23)32-19-22-14-8-3-9-15-22/h1-15,23-27,29H,16-19,28H2. The molecule has 6 heteroatoms. The number of aliphatic hydroxyl groups is 1. The number of ether oxygens (including phenoxy) is 4. The van der Waals surface area contributed by atoms with Crippen LogP contribution in [0.2, 0.25) is 0 Å². The highest BCUT2D eigenvalue weighted by Gasteiger charge is 2.47. The molecule has 1 aliphatic rings. The molecule has 0 amide bonds. The zero-order chi connectivity index (χ0) is 22.9. The summed E-state index contributed by atoms with van der Waals surface area (Å²) in [6.07, 6.45) is -3.53. The highest BCUT2D eigenvalue weighted by atomic mass is 16.7. The summed E-state index contributed by atoms with van der Waals surface area (Å²) in [7, 11) is 0. The Bertz CT molecular complexity index is 941. The van der Waals surface area contributed by atoms with E-state index in [2.05, 4.69) is 0 Å². The van der Waals surface area contributed by atoms with Gasteiger partial charge in [-0.1, -0.05) is 91.0 Å². The molecule has 3 aromatic rings. The van der Waals surface area contributed by atoms with E-state index in [1.807, 2.05) is 91.0 Å². The van der Waals surface area contributed by atoms with Crippen molar-refractivity contribution in [2.75, 3.05) is 6.54 Å². The predicted molar refractivity (Wildman–Crippen MR) is 125 cm³/mol. The molecular weight excluding hydrogens is 418 g/mol. The minimum absolute atomic E-state index is 0.188. The van der Waals surface area contributed by atoms with Crippen molar-refractivity contribution in [3.63, 3.8) is 0 Å². The van der Waals surface area contributed by atoms with Gasteiger partial charge in [-0.15, -0.1) is 0 Å². The number of aliphatic hydroxyl groups excluding tert-OH is 1. The minimum Gasteiger partial charge on any atom is -0.368 e. The van der Waals surface area contributed by atoms with Gasteiger partial charge in [0.25, 0.3) is 0 Å². The van der Waals surface area contributed by atoms with E-state index in [1.54, 1.807) is 0 Å². The second kappa shape index (κ2) is 12.0. The fourth-order valence-electron chi connectivity index (χ4n) is 3.95. The summed E-state index contributed by atoms with van der Waals surface area (Å²) in [4.78, 5) is 0. The number of rotatable bonds is 10. The van der Waals surface area contributed by atoms with Gasteiger partial charge in [-0.2, -0.15) is 0 Å². The molecule has 1 saturated heterocycles. The van der Waals surface area contributed by atoms with Crippen molar-refractivity contribution in [1.29, 1.82) is 0 Å². The summed E-state index contributed by atoms with van der Waals surface area (Å²) in [5.74, 6) is 0. The van der Waals surface area contributed by atoms with E-state index < -0.39 is 30.7 Å². The van der Waals surface area contributed by atoms with Gasteiger partial charge in [-0.05, 0) is 16.7 Å². The normalized spacial score (nSPS) is 25.1. The summed E-state index contributed by atoms with van der Waals surface area (Å²) in [5, 5.41) is 10.8. The Morgan fingerprint density at radius 3 is 1.42 bits per heavy atom. The average Bonchev–Trinajstić information content (AvgIpc) is 2.87. The zero-order valence-corrected chi connectivity index (χ0v) is 18.5. The Morgan fingerprint density at radius 1 is 0.606 bits per heavy atom. The van der Waals surface area contributed by atoms with Gasteiger partial charge in [0.05, 0.1) is 19.8 Å². The predicted octanol–water partition coefficient (Wildman–Crippen LogP) is 3.42. The maximum Gasteiger partial charge on any atom is 0.184 e.